The normalized spacial score (nSPS) is 10.0. The summed E-state index contributed by atoms with van der Waals surface area (Å²) in [7, 11) is 0. The molecule has 122 valence electrons. The monoisotopic (exact) mass is 331 g/mol. The van der Waals surface area contributed by atoms with Crippen molar-refractivity contribution in [1.82, 2.24) is 4.98 Å². The van der Waals surface area contributed by atoms with Crippen LogP contribution in [0.4, 0.5) is 9.59 Å². The van der Waals surface area contributed by atoms with Crippen molar-refractivity contribution in [2.45, 2.75) is 33.3 Å². The topological polar surface area (TPSA) is 84.0 Å². The fraction of sp³-hybridized carbons (Fsp3) is 0.500. The number of hydrogen-bond acceptors (Lipinski definition) is 7. The minimum atomic E-state index is -0.864. The van der Waals surface area contributed by atoms with E-state index in [1.165, 1.54) is 6.20 Å². The summed E-state index contributed by atoms with van der Waals surface area (Å²) in [4.78, 5) is 26.9. The Balaban J connectivity index is 3.01. The quantitative estimate of drug-likeness (QED) is 0.583. The van der Waals surface area contributed by atoms with Crippen molar-refractivity contribution >= 4 is 23.9 Å². The van der Waals surface area contributed by atoms with Crippen LogP contribution >= 0.6 is 11.6 Å². The number of aryl methyl sites for hydroxylation is 1. The number of carbonyl (C=O) groups is 2. The smallest absolute Gasteiger partial charge is 0.435 e. The molecule has 0 N–H and O–H groups in total. The van der Waals surface area contributed by atoms with Crippen LogP contribution in [-0.4, -0.2) is 30.5 Å². The van der Waals surface area contributed by atoms with Crippen LogP contribution in [0.3, 0.4) is 0 Å². The van der Waals surface area contributed by atoms with Crippen LogP contribution in [-0.2, 0) is 26.7 Å². The summed E-state index contributed by atoms with van der Waals surface area (Å²) < 4.78 is 19.5. The molecule has 1 aromatic heterocycles. The molecule has 0 saturated carbocycles. The molecule has 0 unspecified atom stereocenters. The second-order valence-electron chi connectivity index (χ2n) is 4.07. The Labute approximate surface area is 133 Å². The van der Waals surface area contributed by atoms with Gasteiger partial charge in [-0.15, -0.1) is 11.6 Å². The fourth-order valence-corrected chi connectivity index (χ4v) is 1.84. The first-order valence-electron chi connectivity index (χ1n) is 6.70. The lowest BCUT2D eigenvalue weighted by Gasteiger charge is -2.15. The first-order valence-corrected chi connectivity index (χ1v) is 7.24. The molecule has 0 fully saturated rings. The van der Waals surface area contributed by atoms with E-state index in [0.717, 1.165) is 0 Å². The lowest BCUT2D eigenvalue weighted by molar-refractivity contribution is 0.0527. The molecule has 0 amide bonds. The van der Waals surface area contributed by atoms with Crippen LogP contribution in [0, 0.1) is 6.92 Å². The van der Waals surface area contributed by atoms with Gasteiger partial charge in [0, 0.05) is 17.6 Å². The van der Waals surface area contributed by atoms with Gasteiger partial charge in [-0.2, -0.15) is 0 Å². The maximum absolute atomic E-state index is 11.5. The molecule has 0 aromatic carbocycles. The molecule has 1 heterocycles. The van der Waals surface area contributed by atoms with E-state index in [1.807, 2.05) is 0 Å². The number of halogens is 1. The van der Waals surface area contributed by atoms with Crippen LogP contribution in [0.2, 0.25) is 0 Å². The Morgan fingerprint density at radius 2 is 1.77 bits per heavy atom. The Kier molecular flexibility index (Phi) is 7.45. The summed E-state index contributed by atoms with van der Waals surface area (Å²) in [5.41, 5.74) is 1.48. The molecular weight excluding hydrogens is 314 g/mol. The highest BCUT2D eigenvalue weighted by molar-refractivity contribution is 6.17. The van der Waals surface area contributed by atoms with Gasteiger partial charge in [0.25, 0.3) is 0 Å². The third-order valence-corrected chi connectivity index (χ3v) is 2.88. The largest absolute Gasteiger partial charge is 0.513 e. The van der Waals surface area contributed by atoms with Gasteiger partial charge in [0.2, 0.25) is 0 Å². The standard InChI is InChI=1S/C14H18ClNO6/c1-4-19-13(17)21-8-11-10(6-15)7-16-9(3)12(11)22-14(18)20-5-2/h7H,4-6,8H2,1-3H3. The number of pyridine rings is 1. The van der Waals surface area contributed by atoms with Crippen molar-refractivity contribution in [3.63, 3.8) is 0 Å². The summed E-state index contributed by atoms with van der Waals surface area (Å²) >= 11 is 5.85. The van der Waals surface area contributed by atoms with Crippen molar-refractivity contribution in [3.05, 3.63) is 23.0 Å². The average molecular weight is 332 g/mol. The fourth-order valence-electron chi connectivity index (χ4n) is 1.61. The van der Waals surface area contributed by atoms with E-state index in [-0.39, 0.29) is 31.5 Å². The van der Waals surface area contributed by atoms with Crippen LogP contribution in [0.15, 0.2) is 6.20 Å². The van der Waals surface area contributed by atoms with E-state index < -0.39 is 12.3 Å². The van der Waals surface area contributed by atoms with Gasteiger partial charge in [-0.1, -0.05) is 0 Å². The van der Waals surface area contributed by atoms with Gasteiger partial charge in [0.1, 0.15) is 6.61 Å². The SMILES string of the molecule is CCOC(=O)OCc1c(CCl)cnc(C)c1OC(=O)OCC. The van der Waals surface area contributed by atoms with Crippen molar-refractivity contribution in [2.75, 3.05) is 13.2 Å². The highest BCUT2D eigenvalue weighted by Gasteiger charge is 2.19. The van der Waals surface area contributed by atoms with E-state index >= 15 is 0 Å². The van der Waals surface area contributed by atoms with E-state index in [9.17, 15) is 9.59 Å². The molecule has 0 saturated heterocycles. The molecule has 0 spiro atoms. The summed E-state index contributed by atoms with van der Waals surface area (Å²) in [5, 5.41) is 0. The lowest BCUT2D eigenvalue weighted by atomic mass is 10.1. The predicted molar refractivity (Wildman–Crippen MR) is 78.0 cm³/mol. The molecule has 0 aliphatic rings. The number of alkyl halides is 1. The number of carbonyl (C=O) groups excluding carboxylic acids is 2. The maximum atomic E-state index is 11.5. The molecule has 0 aliphatic heterocycles. The summed E-state index contributed by atoms with van der Waals surface area (Å²) in [6.07, 6.45) is -0.152. The molecule has 0 aliphatic carbocycles. The Morgan fingerprint density at radius 3 is 2.36 bits per heavy atom. The van der Waals surface area contributed by atoms with Crippen LogP contribution < -0.4 is 4.74 Å². The van der Waals surface area contributed by atoms with E-state index in [2.05, 4.69) is 9.72 Å². The Bertz CT molecular complexity index is 534. The molecule has 0 atom stereocenters. The van der Waals surface area contributed by atoms with Crippen molar-refractivity contribution in [3.8, 4) is 5.75 Å². The number of nitrogens with zero attached hydrogens (tertiary/aromatic N) is 1. The van der Waals surface area contributed by atoms with Gasteiger partial charge >= 0.3 is 12.3 Å². The zero-order valence-corrected chi connectivity index (χ0v) is 13.4. The van der Waals surface area contributed by atoms with Crippen molar-refractivity contribution in [2.24, 2.45) is 0 Å². The first-order chi connectivity index (χ1) is 10.5. The third kappa shape index (κ3) is 5.07. The molecule has 22 heavy (non-hydrogen) atoms. The zero-order chi connectivity index (χ0) is 16.5. The van der Waals surface area contributed by atoms with Crippen LogP contribution in [0.1, 0.15) is 30.7 Å². The molecular formula is C14H18ClNO6. The molecule has 1 aromatic rings. The second kappa shape index (κ2) is 9.09. The van der Waals surface area contributed by atoms with E-state index in [4.69, 9.17) is 25.8 Å². The Morgan fingerprint density at radius 1 is 1.14 bits per heavy atom. The van der Waals surface area contributed by atoms with Crippen molar-refractivity contribution < 1.29 is 28.5 Å². The summed E-state index contributed by atoms with van der Waals surface area (Å²) in [6.45, 7) is 5.20. The number of ether oxygens (including phenoxy) is 4. The molecule has 1 rings (SSSR count). The van der Waals surface area contributed by atoms with Crippen LogP contribution in [0.5, 0.6) is 5.75 Å². The third-order valence-electron chi connectivity index (χ3n) is 2.59. The number of hydrogen-bond donors (Lipinski definition) is 0. The predicted octanol–water partition coefficient (Wildman–Crippen LogP) is 3.34. The van der Waals surface area contributed by atoms with E-state index in [1.54, 1.807) is 20.8 Å². The van der Waals surface area contributed by atoms with Gasteiger partial charge < -0.3 is 18.9 Å². The zero-order valence-electron chi connectivity index (χ0n) is 12.7. The molecule has 7 nitrogen and oxygen atoms in total. The van der Waals surface area contributed by atoms with Gasteiger partial charge in [-0.25, -0.2) is 9.59 Å². The van der Waals surface area contributed by atoms with Gasteiger partial charge in [0.05, 0.1) is 18.9 Å². The van der Waals surface area contributed by atoms with E-state index in [0.29, 0.717) is 16.8 Å². The number of rotatable bonds is 6. The highest BCUT2D eigenvalue weighted by atomic mass is 35.5. The van der Waals surface area contributed by atoms with Crippen LogP contribution in [0.25, 0.3) is 0 Å². The van der Waals surface area contributed by atoms with Gasteiger partial charge in [-0.3, -0.25) is 4.98 Å². The second-order valence-corrected chi connectivity index (χ2v) is 4.33. The summed E-state index contributed by atoms with van der Waals surface area (Å²) in [5.74, 6) is 0.287. The summed E-state index contributed by atoms with van der Waals surface area (Å²) in [6, 6.07) is 0. The average Bonchev–Trinajstić information content (AvgIpc) is 2.48. The Hall–Kier alpha value is -2.02. The first kappa shape index (κ1) is 18.0. The molecule has 0 radical (unpaired) electrons. The number of aromatic nitrogens is 1. The van der Waals surface area contributed by atoms with Crippen molar-refractivity contribution in [1.29, 1.82) is 0 Å². The van der Waals surface area contributed by atoms with Gasteiger partial charge in [0.15, 0.2) is 5.75 Å². The van der Waals surface area contributed by atoms with Gasteiger partial charge in [-0.05, 0) is 26.3 Å². The minimum absolute atomic E-state index is 0.119. The molecule has 8 heteroatoms. The highest BCUT2D eigenvalue weighted by Crippen LogP contribution is 2.28. The maximum Gasteiger partial charge on any atom is 0.513 e. The minimum Gasteiger partial charge on any atom is -0.435 e. The molecule has 0 bridgehead atoms. The lowest BCUT2D eigenvalue weighted by Crippen LogP contribution is -2.15.